The minimum atomic E-state index is -0.916. The number of carbonyl (C=O) groups excluding carboxylic acids is 2. The van der Waals surface area contributed by atoms with Crippen LogP contribution in [0.4, 0.5) is 0 Å². The van der Waals surface area contributed by atoms with E-state index in [2.05, 4.69) is 4.74 Å². The lowest BCUT2D eigenvalue weighted by Gasteiger charge is -2.11. The minimum absolute atomic E-state index is 0.278. The molecule has 0 radical (unpaired) electrons. The Morgan fingerprint density at radius 2 is 1.67 bits per heavy atom. The molecule has 0 spiro atoms. The Labute approximate surface area is 106 Å². The van der Waals surface area contributed by atoms with Crippen LogP contribution in [0, 0.1) is 20.8 Å². The Bertz CT molecular complexity index is 507. The maximum Gasteiger partial charge on any atom is 0.378 e. The van der Waals surface area contributed by atoms with E-state index in [1.807, 2.05) is 32.9 Å². The molecule has 18 heavy (non-hydrogen) atoms. The molecule has 0 aromatic heterocycles. The van der Waals surface area contributed by atoms with E-state index >= 15 is 0 Å². The summed E-state index contributed by atoms with van der Waals surface area (Å²) >= 11 is 0. The van der Waals surface area contributed by atoms with Gasteiger partial charge in [-0.2, -0.15) is 0 Å². The van der Waals surface area contributed by atoms with E-state index in [0.717, 1.165) is 35.4 Å². The molecule has 0 saturated heterocycles. The van der Waals surface area contributed by atoms with Crippen molar-refractivity contribution >= 4 is 17.4 Å². The summed E-state index contributed by atoms with van der Waals surface area (Å²) < 4.78 is 4.34. The van der Waals surface area contributed by atoms with Crippen molar-refractivity contribution in [2.45, 2.75) is 20.8 Å². The predicted molar refractivity (Wildman–Crippen MR) is 69.8 cm³/mol. The molecule has 2 N–H and O–H groups in total. The van der Waals surface area contributed by atoms with Crippen molar-refractivity contribution in [2.24, 2.45) is 5.73 Å². The van der Waals surface area contributed by atoms with Gasteiger partial charge >= 0.3 is 5.97 Å². The standard InChI is InChI=1S/C14H17NO3/c1-8-5-9(2)13(10(3)6-8)11(15)7-12(16)14(17)18-4/h5-7H,15H2,1-4H3/b11-7-. The monoisotopic (exact) mass is 247 g/mol. The zero-order chi connectivity index (χ0) is 13.9. The molecular formula is C14H17NO3. The first-order valence-corrected chi connectivity index (χ1v) is 5.54. The summed E-state index contributed by atoms with van der Waals surface area (Å²) in [5.41, 5.74) is 10.0. The van der Waals surface area contributed by atoms with Crippen molar-refractivity contribution in [3.63, 3.8) is 0 Å². The number of hydrogen-bond donors (Lipinski definition) is 1. The predicted octanol–water partition coefficient (Wildman–Crippen LogP) is 1.65. The third kappa shape index (κ3) is 2.97. The highest BCUT2D eigenvalue weighted by atomic mass is 16.5. The molecule has 0 aliphatic carbocycles. The van der Waals surface area contributed by atoms with Crippen molar-refractivity contribution in [3.8, 4) is 0 Å². The van der Waals surface area contributed by atoms with Crippen molar-refractivity contribution in [2.75, 3.05) is 7.11 Å². The van der Waals surface area contributed by atoms with E-state index in [1.54, 1.807) is 0 Å². The summed E-state index contributed by atoms with van der Waals surface area (Å²) in [6.45, 7) is 5.82. The number of hydrogen-bond acceptors (Lipinski definition) is 4. The lowest BCUT2D eigenvalue weighted by Crippen LogP contribution is -2.15. The molecule has 0 atom stereocenters. The number of carbonyl (C=O) groups is 2. The van der Waals surface area contributed by atoms with Gasteiger partial charge in [0.1, 0.15) is 0 Å². The van der Waals surface area contributed by atoms with Crippen molar-refractivity contribution in [3.05, 3.63) is 40.5 Å². The molecule has 0 aliphatic heterocycles. The number of aryl methyl sites for hydroxylation is 3. The normalized spacial score (nSPS) is 11.2. The molecule has 4 heteroatoms. The molecule has 1 aromatic carbocycles. The van der Waals surface area contributed by atoms with Crippen molar-refractivity contribution in [1.82, 2.24) is 0 Å². The molecular weight excluding hydrogens is 230 g/mol. The number of nitrogens with two attached hydrogens (primary N) is 1. The zero-order valence-corrected chi connectivity index (χ0v) is 11.0. The maximum absolute atomic E-state index is 11.4. The van der Waals surface area contributed by atoms with Crippen LogP contribution in [0.1, 0.15) is 22.3 Å². The quantitative estimate of drug-likeness (QED) is 0.501. The number of benzene rings is 1. The molecule has 0 heterocycles. The topological polar surface area (TPSA) is 69.4 Å². The smallest absolute Gasteiger partial charge is 0.378 e. The van der Waals surface area contributed by atoms with E-state index in [-0.39, 0.29) is 5.70 Å². The van der Waals surface area contributed by atoms with Crippen LogP contribution in [-0.4, -0.2) is 18.9 Å². The number of ketones is 1. The van der Waals surface area contributed by atoms with Crippen molar-refractivity contribution < 1.29 is 14.3 Å². The Morgan fingerprint density at radius 1 is 1.17 bits per heavy atom. The van der Waals surface area contributed by atoms with Crippen LogP contribution in [0.2, 0.25) is 0 Å². The Balaban J connectivity index is 3.19. The first-order chi connectivity index (χ1) is 8.36. The van der Waals surface area contributed by atoms with Gasteiger partial charge in [-0.3, -0.25) is 4.79 Å². The van der Waals surface area contributed by atoms with E-state index in [0.29, 0.717) is 0 Å². The van der Waals surface area contributed by atoms with Crippen molar-refractivity contribution in [1.29, 1.82) is 0 Å². The van der Waals surface area contributed by atoms with Gasteiger partial charge in [-0.15, -0.1) is 0 Å². The third-order valence-corrected chi connectivity index (χ3v) is 2.64. The molecule has 1 rings (SSSR count). The molecule has 0 amide bonds. The van der Waals surface area contributed by atoms with Gasteiger partial charge in [-0.1, -0.05) is 17.7 Å². The molecule has 1 aromatic rings. The van der Waals surface area contributed by atoms with E-state index in [1.165, 1.54) is 0 Å². The van der Waals surface area contributed by atoms with E-state index in [4.69, 9.17) is 5.73 Å². The Morgan fingerprint density at radius 3 is 2.11 bits per heavy atom. The lowest BCUT2D eigenvalue weighted by atomic mass is 9.97. The highest BCUT2D eigenvalue weighted by molar-refractivity contribution is 6.39. The van der Waals surface area contributed by atoms with E-state index in [9.17, 15) is 9.59 Å². The molecule has 0 fully saturated rings. The molecule has 0 bridgehead atoms. The third-order valence-electron chi connectivity index (χ3n) is 2.64. The molecule has 96 valence electrons. The summed E-state index contributed by atoms with van der Waals surface area (Å²) in [6.07, 6.45) is 1.11. The average Bonchev–Trinajstić information content (AvgIpc) is 2.26. The van der Waals surface area contributed by atoms with Crippen LogP contribution in [0.5, 0.6) is 0 Å². The summed E-state index contributed by atoms with van der Waals surface area (Å²) in [5.74, 6) is -1.67. The second-order valence-electron chi connectivity index (χ2n) is 4.23. The van der Waals surface area contributed by atoms with E-state index < -0.39 is 11.8 Å². The van der Waals surface area contributed by atoms with Crippen LogP contribution < -0.4 is 5.73 Å². The fraction of sp³-hybridized carbons (Fsp3) is 0.286. The average molecular weight is 247 g/mol. The molecule has 0 aliphatic rings. The first kappa shape index (κ1) is 14.0. The van der Waals surface area contributed by atoms with Crippen LogP contribution in [0.15, 0.2) is 18.2 Å². The Hall–Kier alpha value is -2.10. The highest BCUT2D eigenvalue weighted by Gasteiger charge is 2.13. The number of esters is 1. The van der Waals surface area contributed by atoms with Gasteiger partial charge in [0.05, 0.1) is 7.11 Å². The van der Waals surface area contributed by atoms with Gasteiger partial charge in [0.15, 0.2) is 0 Å². The zero-order valence-electron chi connectivity index (χ0n) is 11.0. The largest absolute Gasteiger partial charge is 0.463 e. The van der Waals surface area contributed by atoms with Gasteiger partial charge in [0.2, 0.25) is 0 Å². The lowest BCUT2D eigenvalue weighted by molar-refractivity contribution is -0.149. The fourth-order valence-corrected chi connectivity index (χ4v) is 2.01. The molecule has 0 unspecified atom stereocenters. The summed E-state index contributed by atoms with van der Waals surface area (Å²) in [5, 5.41) is 0. The van der Waals surface area contributed by atoms with Gasteiger partial charge < -0.3 is 10.5 Å². The first-order valence-electron chi connectivity index (χ1n) is 5.54. The maximum atomic E-state index is 11.4. The highest BCUT2D eigenvalue weighted by Crippen LogP contribution is 2.21. The molecule has 4 nitrogen and oxygen atoms in total. The van der Waals surface area contributed by atoms with Crippen LogP contribution in [0.3, 0.4) is 0 Å². The van der Waals surface area contributed by atoms with Gasteiger partial charge in [0.25, 0.3) is 5.78 Å². The van der Waals surface area contributed by atoms with Crippen LogP contribution >= 0.6 is 0 Å². The number of rotatable bonds is 3. The van der Waals surface area contributed by atoms with Crippen LogP contribution in [0.25, 0.3) is 5.70 Å². The Kier molecular flexibility index (Phi) is 4.26. The second-order valence-corrected chi connectivity index (χ2v) is 4.23. The SMILES string of the molecule is COC(=O)C(=O)/C=C(\N)c1c(C)cc(C)cc1C. The van der Waals surface area contributed by atoms with Crippen LogP contribution in [-0.2, 0) is 14.3 Å². The summed E-state index contributed by atoms with van der Waals surface area (Å²) in [4.78, 5) is 22.4. The van der Waals surface area contributed by atoms with Gasteiger partial charge in [0, 0.05) is 17.3 Å². The summed E-state index contributed by atoms with van der Waals surface area (Å²) in [6, 6.07) is 3.96. The number of ether oxygens (including phenoxy) is 1. The summed E-state index contributed by atoms with van der Waals surface area (Å²) in [7, 11) is 1.16. The number of methoxy groups -OCH3 is 1. The fourth-order valence-electron chi connectivity index (χ4n) is 2.01. The van der Waals surface area contributed by atoms with Gasteiger partial charge in [-0.25, -0.2) is 4.79 Å². The minimum Gasteiger partial charge on any atom is -0.463 e. The molecule has 0 saturated carbocycles. The van der Waals surface area contributed by atoms with Gasteiger partial charge in [-0.05, 0) is 31.9 Å². The second kappa shape index (κ2) is 5.49.